The maximum atomic E-state index is 13.9. The fraction of sp³-hybridized carbons (Fsp3) is 0.423. The van der Waals surface area contributed by atoms with Crippen LogP contribution >= 0.6 is 0 Å². The molecule has 0 aromatic carbocycles. The number of hydrogen-bond donors (Lipinski definition) is 2. The minimum atomic E-state index is -1.33. The molecule has 3 aromatic heterocycles. The van der Waals surface area contributed by atoms with Gasteiger partial charge < -0.3 is 10.6 Å². The van der Waals surface area contributed by atoms with Crippen LogP contribution in [0.2, 0.25) is 0 Å². The molecular weight excluding hydrogens is 415 g/mol. The van der Waals surface area contributed by atoms with E-state index < -0.39 is 5.67 Å². The highest BCUT2D eigenvalue weighted by molar-refractivity contribution is 5.83. The van der Waals surface area contributed by atoms with Gasteiger partial charge >= 0.3 is 0 Å². The van der Waals surface area contributed by atoms with Crippen LogP contribution in [0.25, 0.3) is 16.8 Å². The molecule has 1 aliphatic carbocycles. The Morgan fingerprint density at radius 2 is 1.94 bits per heavy atom. The maximum absolute atomic E-state index is 13.9. The third-order valence-electron chi connectivity index (χ3n) is 6.16. The smallest absolute Gasteiger partial charge is 0.223 e. The summed E-state index contributed by atoms with van der Waals surface area (Å²) < 4.78 is 15.7. The van der Waals surface area contributed by atoms with Gasteiger partial charge in [-0.1, -0.05) is 32.4 Å². The average Bonchev–Trinajstić information content (AvgIpc) is 3.21. The third-order valence-corrected chi connectivity index (χ3v) is 6.16. The molecule has 4 rings (SSSR count). The highest BCUT2D eigenvalue weighted by atomic mass is 19.1. The lowest BCUT2D eigenvalue weighted by Gasteiger charge is -2.23. The molecule has 2 N–H and O–H groups in total. The topological polar surface area (TPSA) is 67.1 Å². The van der Waals surface area contributed by atoms with E-state index in [-0.39, 0.29) is 6.54 Å². The number of rotatable bonds is 8. The van der Waals surface area contributed by atoms with Crippen molar-refractivity contribution in [2.75, 3.05) is 11.9 Å². The number of halogens is 1. The molecular formula is C26H33FN6. The van der Waals surface area contributed by atoms with Gasteiger partial charge in [-0.3, -0.25) is 0 Å². The minimum absolute atomic E-state index is 0.174. The summed E-state index contributed by atoms with van der Waals surface area (Å²) in [5, 5.41) is 11.0. The van der Waals surface area contributed by atoms with Crippen molar-refractivity contribution in [2.45, 2.75) is 64.6 Å². The van der Waals surface area contributed by atoms with Gasteiger partial charge in [0.15, 0.2) is 0 Å². The van der Waals surface area contributed by atoms with E-state index in [9.17, 15) is 4.39 Å². The Labute approximate surface area is 195 Å². The lowest BCUT2D eigenvalue weighted by Crippen LogP contribution is -2.29. The molecule has 0 radical (unpaired) electrons. The van der Waals surface area contributed by atoms with E-state index in [4.69, 9.17) is 4.98 Å². The molecule has 0 atom stereocenters. The molecule has 33 heavy (non-hydrogen) atoms. The number of aromatic nitrogens is 4. The van der Waals surface area contributed by atoms with Crippen LogP contribution in [-0.2, 0) is 0 Å². The van der Waals surface area contributed by atoms with Gasteiger partial charge in [0.2, 0.25) is 5.95 Å². The predicted molar refractivity (Wildman–Crippen MR) is 133 cm³/mol. The summed E-state index contributed by atoms with van der Waals surface area (Å²) in [7, 11) is 0. The fourth-order valence-corrected chi connectivity index (χ4v) is 4.23. The van der Waals surface area contributed by atoms with Gasteiger partial charge in [0.05, 0.1) is 17.4 Å². The zero-order valence-corrected chi connectivity index (χ0v) is 19.8. The van der Waals surface area contributed by atoms with Gasteiger partial charge in [-0.2, -0.15) is 5.10 Å². The average molecular weight is 449 g/mol. The molecule has 0 unspecified atom stereocenters. The summed E-state index contributed by atoms with van der Waals surface area (Å²) in [5.41, 5.74) is 4.59. The Kier molecular flexibility index (Phi) is 6.49. The Balaban J connectivity index is 1.54. The van der Waals surface area contributed by atoms with Crippen LogP contribution in [0.1, 0.15) is 68.3 Å². The van der Waals surface area contributed by atoms with Gasteiger partial charge in [0.1, 0.15) is 5.67 Å². The van der Waals surface area contributed by atoms with Gasteiger partial charge in [0, 0.05) is 41.8 Å². The summed E-state index contributed by atoms with van der Waals surface area (Å²) >= 11 is 0. The van der Waals surface area contributed by atoms with Crippen molar-refractivity contribution in [3.8, 4) is 0 Å². The number of alkyl halides is 1. The van der Waals surface area contributed by atoms with Gasteiger partial charge in [-0.05, 0) is 56.9 Å². The number of nitrogens with one attached hydrogen (secondary N) is 2. The quantitative estimate of drug-likeness (QED) is 0.473. The number of aryl methyl sites for hydroxylation is 1. The second-order valence-electron chi connectivity index (χ2n) is 9.50. The van der Waals surface area contributed by atoms with Gasteiger partial charge in [-0.25, -0.2) is 18.9 Å². The van der Waals surface area contributed by atoms with Crippen LogP contribution < -0.4 is 10.6 Å². The van der Waals surface area contributed by atoms with E-state index in [0.29, 0.717) is 17.7 Å². The molecule has 7 heteroatoms. The van der Waals surface area contributed by atoms with E-state index in [1.165, 1.54) is 46.0 Å². The summed E-state index contributed by atoms with van der Waals surface area (Å²) in [6, 6.07) is 4.45. The van der Waals surface area contributed by atoms with Crippen LogP contribution in [-0.4, -0.2) is 37.8 Å². The van der Waals surface area contributed by atoms with Crippen LogP contribution in [0.5, 0.6) is 0 Å². The molecule has 1 fully saturated rings. The molecule has 0 bridgehead atoms. The molecule has 1 aliphatic rings. The Morgan fingerprint density at radius 1 is 1.18 bits per heavy atom. The first-order chi connectivity index (χ1) is 15.7. The molecule has 0 spiro atoms. The number of hydrogen-bond acceptors (Lipinski definition) is 5. The van der Waals surface area contributed by atoms with E-state index in [2.05, 4.69) is 33.9 Å². The molecule has 3 heterocycles. The largest absolute Gasteiger partial charge is 0.382 e. The van der Waals surface area contributed by atoms with Gasteiger partial charge in [-0.15, -0.1) is 0 Å². The number of anilines is 1. The Bertz CT molecular complexity index is 1170. The van der Waals surface area contributed by atoms with Crippen molar-refractivity contribution in [2.24, 2.45) is 0 Å². The summed E-state index contributed by atoms with van der Waals surface area (Å²) in [4.78, 5) is 9.26. The first kappa shape index (κ1) is 23.0. The van der Waals surface area contributed by atoms with Crippen LogP contribution in [0.15, 0.2) is 43.9 Å². The molecule has 0 aliphatic heterocycles. The molecule has 1 saturated carbocycles. The van der Waals surface area contributed by atoms with E-state index in [0.717, 1.165) is 33.5 Å². The van der Waals surface area contributed by atoms with Crippen molar-refractivity contribution in [1.82, 2.24) is 24.9 Å². The van der Waals surface area contributed by atoms with Crippen LogP contribution in [0.4, 0.5) is 10.3 Å². The van der Waals surface area contributed by atoms with E-state index in [1.807, 2.05) is 31.5 Å². The minimum Gasteiger partial charge on any atom is -0.382 e. The zero-order chi connectivity index (χ0) is 23.6. The van der Waals surface area contributed by atoms with Gasteiger partial charge in [0.25, 0.3) is 0 Å². The zero-order valence-electron chi connectivity index (χ0n) is 19.8. The summed E-state index contributed by atoms with van der Waals surface area (Å²) in [6.07, 6.45) is 11.7. The standard InChI is InChI=1S/C26H33FN6/c1-17(22-14-28-25(31-19(22)3)32-21-9-7-6-8-10-21)20-11-12-33-24(13-20)23(15-30-33)18(2)29-16-26(4,5)27/h11-15,21,29H,1-2,6-10,16H2,3-5H3,(H,28,31,32). The normalized spacial score (nSPS) is 14.9. The van der Waals surface area contributed by atoms with E-state index >= 15 is 0 Å². The maximum Gasteiger partial charge on any atom is 0.223 e. The second kappa shape index (κ2) is 9.33. The molecule has 3 aromatic rings. The third kappa shape index (κ3) is 5.41. The molecule has 0 amide bonds. The SMILES string of the molecule is C=C(c1ccn2ncc(C(=C)NCC(C)(C)F)c2c1)c1cnc(NC2CCCCC2)nc1C. The lowest BCUT2D eigenvalue weighted by molar-refractivity contribution is 0.219. The summed E-state index contributed by atoms with van der Waals surface area (Å²) in [5.74, 6) is 0.683. The number of pyridine rings is 1. The van der Waals surface area contributed by atoms with Crippen molar-refractivity contribution >= 4 is 22.7 Å². The Hall–Kier alpha value is -3.22. The predicted octanol–water partition coefficient (Wildman–Crippen LogP) is 5.55. The molecule has 0 saturated heterocycles. The fourth-order valence-electron chi connectivity index (χ4n) is 4.23. The van der Waals surface area contributed by atoms with Crippen molar-refractivity contribution in [3.63, 3.8) is 0 Å². The van der Waals surface area contributed by atoms with Crippen LogP contribution in [0, 0.1) is 6.92 Å². The first-order valence-electron chi connectivity index (χ1n) is 11.6. The van der Waals surface area contributed by atoms with Crippen molar-refractivity contribution in [3.05, 3.63) is 66.3 Å². The lowest BCUT2D eigenvalue weighted by atomic mass is 9.96. The summed E-state index contributed by atoms with van der Waals surface area (Å²) in [6.45, 7) is 13.6. The molecule has 174 valence electrons. The number of fused-ring (bicyclic) bond motifs is 1. The Morgan fingerprint density at radius 3 is 2.64 bits per heavy atom. The highest BCUT2D eigenvalue weighted by Crippen LogP contribution is 2.27. The van der Waals surface area contributed by atoms with Crippen LogP contribution in [0.3, 0.4) is 0 Å². The highest BCUT2D eigenvalue weighted by Gasteiger charge is 2.18. The molecule has 6 nitrogen and oxygen atoms in total. The number of nitrogens with zero attached hydrogens (tertiary/aromatic N) is 4. The first-order valence-corrected chi connectivity index (χ1v) is 11.6. The van der Waals surface area contributed by atoms with E-state index in [1.54, 1.807) is 10.7 Å². The van der Waals surface area contributed by atoms with Crippen molar-refractivity contribution in [1.29, 1.82) is 0 Å². The van der Waals surface area contributed by atoms with Crippen molar-refractivity contribution < 1.29 is 4.39 Å². The second-order valence-corrected chi connectivity index (χ2v) is 9.50. The monoisotopic (exact) mass is 448 g/mol.